The molecule has 1 aliphatic heterocycles. The maximum atomic E-state index is 12.8. The maximum absolute atomic E-state index is 12.8. The van der Waals surface area contributed by atoms with E-state index < -0.39 is 49.5 Å². The molecule has 1 heterocycles. The van der Waals surface area contributed by atoms with E-state index in [2.05, 4.69) is 19.2 Å². The molecule has 1 aliphatic rings. The number of hydrogen-bond acceptors (Lipinski definition) is 8. The molecule has 1 saturated heterocycles. The van der Waals surface area contributed by atoms with Gasteiger partial charge in [0, 0.05) is 6.42 Å². The van der Waals surface area contributed by atoms with E-state index in [0.717, 1.165) is 38.5 Å². The standard InChI is InChI=1S/C40H79NO8/c1-3-5-7-9-11-13-14-15-16-17-18-19-20-22-23-25-27-29-34(43)33(32-48-40-39(47)38(46)37(45)35(31-42)49-40)41-36(44)30-28-26-24-21-12-10-8-6-4-2/h33-35,37-40,42-43,45-47H,3-32H2,1-2H3,(H,41,44)/t33-,34+,35+,37-,38?,39?,40+/m0/s1. The molecule has 0 aliphatic carbocycles. The zero-order valence-corrected chi connectivity index (χ0v) is 31.7. The highest BCUT2D eigenvalue weighted by Crippen LogP contribution is 2.23. The van der Waals surface area contributed by atoms with Crippen LogP contribution in [0.3, 0.4) is 0 Å². The van der Waals surface area contributed by atoms with E-state index in [1.165, 1.54) is 128 Å². The molecule has 0 saturated carbocycles. The van der Waals surface area contributed by atoms with Crippen LogP contribution in [-0.4, -0.2) is 87.5 Å². The van der Waals surface area contributed by atoms with E-state index in [-0.39, 0.29) is 12.5 Å². The zero-order valence-electron chi connectivity index (χ0n) is 31.7. The van der Waals surface area contributed by atoms with Crippen LogP contribution in [0.5, 0.6) is 0 Å². The van der Waals surface area contributed by atoms with E-state index in [0.29, 0.717) is 12.8 Å². The average Bonchev–Trinajstić information content (AvgIpc) is 3.10. The lowest BCUT2D eigenvalue weighted by Gasteiger charge is -2.40. The van der Waals surface area contributed by atoms with E-state index in [9.17, 15) is 30.3 Å². The van der Waals surface area contributed by atoms with Crippen molar-refractivity contribution in [3.63, 3.8) is 0 Å². The van der Waals surface area contributed by atoms with Crippen molar-refractivity contribution in [2.45, 2.75) is 236 Å². The lowest BCUT2D eigenvalue weighted by atomic mass is 9.99. The molecule has 9 nitrogen and oxygen atoms in total. The van der Waals surface area contributed by atoms with Crippen molar-refractivity contribution in [1.82, 2.24) is 5.32 Å². The quantitative estimate of drug-likeness (QED) is 0.0376. The Bertz CT molecular complexity index is 741. The van der Waals surface area contributed by atoms with Gasteiger partial charge in [-0.3, -0.25) is 4.79 Å². The lowest BCUT2D eigenvalue weighted by molar-refractivity contribution is -0.302. The Hall–Kier alpha value is -0.810. The van der Waals surface area contributed by atoms with Crippen molar-refractivity contribution < 1.29 is 39.8 Å². The van der Waals surface area contributed by atoms with Gasteiger partial charge in [-0.05, 0) is 12.8 Å². The van der Waals surface area contributed by atoms with E-state index in [1.807, 2.05) is 0 Å². The summed E-state index contributed by atoms with van der Waals surface area (Å²) in [5, 5.41) is 54.1. The number of hydrogen-bond donors (Lipinski definition) is 6. The molecule has 6 N–H and O–H groups in total. The normalized spacial score (nSPS) is 22.3. The summed E-state index contributed by atoms with van der Waals surface area (Å²) in [6.07, 6.45) is 25.4. The van der Waals surface area contributed by atoms with Gasteiger partial charge in [0.1, 0.15) is 24.4 Å². The van der Waals surface area contributed by atoms with Crippen molar-refractivity contribution in [3.8, 4) is 0 Å². The molecule has 0 aromatic carbocycles. The fraction of sp³-hybridized carbons (Fsp3) is 0.975. The Balaban J connectivity index is 2.34. The number of ether oxygens (including phenoxy) is 2. The molecule has 9 heteroatoms. The van der Waals surface area contributed by atoms with Crippen molar-refractivity contribution in [2.24, 2.45) is 0 Å². The third-order valence-electron chi connectivity index (χ3n) is 10.2. The van der Waals surface area contributed by atoms with Crippen LogP contribution in [0.1, 0.15) is 194 Å². The predicted molar refractivity (Wildman–Crippen MR) is 198 cm³/mol. The molecule has 292 valence electrons. The molecular formula is C40H79NO8. The summed E-state index contributed by atoms with van der Waals surface area (Å²) >= 11 is 0. The molecular weight excluding hydrogens is 622 g/mol. The Morgan fingerprint density at radius 2 is 1.02 bits per heavy atom. The minimum Gasteiger partial charge on any atom is -0.394 e. The second-order valence-corrected chi connectivity index (χ2v) is 14.8. The number of amides is 1. The van der Waals surface area contributed by atoms with Crippen LogP contribution in [0.25, 0.3) is 0 Å². The van der Waals surface area contributed by atoms with E-state index in [4.69, 9.17) is 9.47 Å². The monoisotopic (exact) mass is 702 g/mol. The Kier molecular flexibility index (Phi) is 30.1. The van der Waals surface area contributed by atoms with Gasteiger partial charge in [-0.25, -0.2) is 0 Å². The summed E-state index contributed by atoms with van der Waals surface area (Å²) in [5.41, 5.74) is 0. The van der Waals surface area contributed by atoms with Crippen LogP contribution in [0.15, 0.2) is 0 Å². The highest BCUT2D eigenvalue weighted by molar-refractivity contribution is 5.76. The van der Waals surface area contributed by atoms with Gasteiger partial charge in [0.25, 0.3) is 0 Å². The number of rotatable bonds is 34. The first-order chi connectivity index (χ1) is 23.8. The van der Waals surface area contributed by atoms with Crippen LogP contribution in [0, 0.1) is 0 Å². The van der Waals surface area contributed by atoms with E-state index >= 15 is 0 Å². The summed E-state index contributed by atoms with van der Waals surface area (Å²) in [6, 6.07) is -0.709. The predicted octanol–water partition coefficient (Wildman–Crippen LogP) is 7.61. The van der Waals surface area contributed by atoms with Crippen molar-refractivity contribution in [2.75, 3.05) is 13.2 Å². The van der Waals surface area contributed by atoms with Crippen LogP contribution >= 0.6 is 0 Å². The summed E-state index contributed by atoms with van der Waals surface area (Å²) in [4.78, 5) is 12.8. The second kappa shape index (κ2) is 31.9. The highest BCUT2D eigenvalue weighted by atomic mass is 16.7. The number of aliphatic hydroxyl groups excluding tert-OH is 5. The fourth-order valence-electron chi connectivity index (χ4n) is 6.81. The topological polar surface area (TPSA) is 149 Å². The smallest absolute Gasteiger partial charge is 0.220 e. The van der Waals surface area contributed by atoms with Crippen LogP contribution in [0.2, 0.25) is 0 Å². The average molecular weight is 702 g/mol. The van der Waals surface area contributed by atoms with Crippen LogP contribution in [-0.2, 0) is 14.3 Å². The third-order valence-corrected chi connectivity index (χ3v) is 10.2. The van der Waals surface area contributed by atoms with Gasteiger partial charge in [0.05, 0.1) is 25.4 Å². The Morgan fingerprint density at radius 1 is 0.612 bits per heavy atom. The fourth-order valence-corrected chi connectivity index (χ4v) is 6.81. The van der Waals surface area contributed by atoms with Crippen molar-refractivity contribution in [1.29, 1.82) is 0 Å². The molecule has 1 rings (SSSR count). The van der Waals surface area contributed by atoms with Crippen molar-refractivity contribution >= 4 is 5.91 Å². The molecule has 0 bridgehead atoms. The SMILES string of the molecule is CCCCCCCCCCCCCCCCCCC[C@@H](O)[C@H](CO[C@@H]1O[C@H](CO)[C@H](O)C(O)C1O)NC(=O)CCCCCCCCCCC. The summed E-state index contributed by atoms with van der Waals surface area (Å²) in [7, 11) is 0. The first kappa shape index (κ1) is 46.2. The van der Waals surface area contributed by atoms with Gasteiger partial charge in [-0.15, -0.1) is 0 Å². The summed E-state index contributed by atoms with van der Waals surface area (Å²) in [6.45, 7) is 3.81. The van der Waals surface area contributed by atoms with Gasteiger partial charge in [0.2, 0.25) is 5.91 Å². The van der Waals surface area contributed by atoms with Crippen LogP contribution < -0.4 is 5.32 Å². The molecule has 0 radical (unpaired) electrons. The minimum absolute atomic E-state index is 0.133. The number of unbranched alkanes of at least 4 members (excludes halogenated alkanes) is 24. The Labute approximate surface area is 300 Å². The molecule has 0 aromatic rings. The molecule has 2 unspecified atom stereocenters. The van der Waals surface area contributed by atoms with Crippen LogP contribution in [0.4, 0.5) is 0 Å². The zero-order chi connectivity index (χ0) is 36.0. The second-order valence-electron chi connectivity index (χ2n) is 14.8. The molecule has 1 fully saturated rings. The van der Waals surface area contributed by atoms with Gasteiger partial charge < -0.3 is 40.3 Å². The molecule has 49 heavy (non-hydrogen) atoms. The van der Waals surface area contributed by atoms with E-state index in [1.54, 1.807) is 0 Å². The summed E-state index contributed by atoms with van der Waals surface area (Å²) < 4.78 is 11.2. The molecule has 1 amide bonds. The van der Waals surface area contributed by atoms with Gasteiger partial charge in [0.15, 0.2) is 6.29 Å². The summed E-state index contributed by atoms with van der Waals surface area (Å²) in [5.74, 6) is -0.146. The highest BCUT2D eigenvalue weighted by Gasteiger charge is 2.44. The molecule has 7 atom stereocenters. The third kappa shape index (κ3) is 23.4. The largest absolute Gasteiger partial charge is 0.394 e. The number of carbonyl (C=O) groups is 1. The number of carbonyl (C=O) groups excluding carboxylic acids is 1. The lowest BCUT2D eigenvalue weighted by Crippen LogP contribution is -2.60. The first-order valence-electron chi connectivity index (χ1n) is 20.7. The molecule has 0 aromatic heterocycles. The Morgan fingerprint density at radius 3 is 1.45 bits per heavy atom. The maximum Gasteiger partial charge on any atom is 0.220 e. The van der Waals surface area contributed by atoms with Crippen molar-refractivity contribution in [3.05, 3.63) is 0 Å². The van der Waals surface area contributed by atoms with Gasteiger partial charge >= 0.3 is 0 Å². The van der Waals surface area contributed by atoms with Gasteiger partial charge in [-0.1, -0.05) is 174 Å². The van der Waals surface area contributed by atoms with Gasteiger partial charge in [-0.2, -0.15) is 0 Å². The molecule has 0 spiro atoms. The minimum atomic E-state index is -1.55. The first-order valence-corrected chi connectivity index (χ1v) is 20.7. The number of nitrogens with one attached hydrogen (secondary N) is 1. The number of aliphatic hydroxyl groups is 5.